The molecule has 0 aliphatic carbocycles. The van der Waals surface area contributed by atoms with Gasteiger partial charge in [0, 0.05) is 27.2 Å². The van der Waals surface area contributed by atoms with Crippen molar-refractivity contribution < 1.29 is 0 Å². The number of anilines is 1. The fourth-order valence-electron chi connectivity index (χ4n) is 3.14. The molecule has 2 atom stereocenters. The van der Waals surface area contributed by atoms with Gasteiger partial charge in [-0.1, -0.05) is 13.8 Å². The van der Waals surface area contributed by atoms with Crippen LogP contribution < -0.4 is 16.1 Å². The fourth-order valence-corrected chi connectivity index (χ4v) is 3.14. The highest BCUT2D eigenvalue weighted by molar-refractivity contribution is 5.53. The van der Waals surface area contributed by atoms with Gasteiger partial charge in [0.05, 0.1) is 0 Å². The van der Waals surface area contributed by atoms with Gasteiger partial charge >= 0.3 is 5.69 Å². The third kappa shape index (κ3) is 2.24. The van der Waals surface area contributed by atoms with Gasteiger partial charge in [0.25, 0.3) is 5.56 Å². The summed E-state index contributed by atoms with van der Waals surface area (Å²) in [6.45, 7) is 5.82. The van der Waals surface area contributed by atoms with Crippen molar-refractivity contribution in [2.24, 2.45) is 25.9 Å². The number of hydrogen-bond acceptors (Lipinski definition) is 4. The topological polar surface area (TPSA) is 71.0 Å². The second-order valence-electron chi connectivity index (χ2n) is 5.87. The molecule has 108 valence electrons. The van der Waals surface area contributed by atoms with Crippen molar-refractivity contribution in [1.29, 1.82) is 5.26 Å². The van der Waals surface area contributed by atoms with Crippen molar-refractivity contribution in [1.82, 2.24) is 9.13 Å². The molecule has 2 rings (SSSR count). The average Bonchev–Trinajstić information content (AvgIpc) is 2.39. The molecule has 1 fully saturated rings. The van der Waals surface area contributed by atoms with Gasteiger partial charge < -0.3 is 4.90 Å². The summed E-state index contributed by atoms with van der Waals surface area (Å²) in [5, 5.41) is 9.30. The van der Waals surface area contributed by atoms with E-state index in [2.05, 4.69) is 13.8 Å². The molecular weight excluding hydrogens is 256 g/mol. The lowest BCUT2D eigenvalue weighted by molar-refractivity contribution is 0.352. The number of nitrogens with zero attached hydrogens (tertiary/aromatic N) is 4. The summed E-state index contributed by atoms with van der Waals surface area (Å²) in [4.78, 5) is 26.2. The first-order valence-electron chi connectivity index (χ1n) is 6.81. The maximum Gasteiger partial charge on any atom is 0.332 e. The van der Waals surface area contributed by atoms with Crippen LogP contribution in [0.2, 0.25) is 0 Å². The lowest BCUT2D eigenvalue weighted by atomic mass is 9.92. The van der Waals surface area contributed by atoms with Gasteiger partial charge in [-0.25, -0.2) is 4.79 Å². The van der Waals surface area contributed by atoms with E-state index in [9.17, 15) is 14.9 Å². The molecule has 0 radical (unpaired) electrons. The predicted molar refractivity (Wildman–Crippen MR) is 76.8 cm³/mol. The van der Waals surface area contributed by atoms with E-state index < -0.39 is 11.2 Å². The quantitative estimate of drug-likeness (QED) is 0.746. The van der Waals surface area contributed by atoms with Gasteiger partial charge in [-0.05, 0) is 18.3 Å². The second kappa shape index (κ2) is 5.16. The fraction of sp³-hybridized carbons (Fsp3) is 0.643. The van der Waals surface area contributed by atoms with Crippen molar-refractivity contribution in [3.63, 3.8) is 0 Å². The summed E-state index contributed by atoms with van der Waals surface area (Å²) < 4.78 is 2.39. The second-order valence-corrected chi connectivity index (χ2v) is 5.87. The summed E-state index contributed by atoms with van der Waals surface area (Å²) >= 11 is 0. The molecule has 6 heteroatoms. The van der Waals surface area contributed by atoms with E-state index >= 15 is 0 Å². The molecule has 1 aromatic rings. The standard InChI is InChI=1S/C14H20N4O2/c1-9-5-10(2)8-18(7-9)12-11(6-15)13(19)17(4)14(20)16(12)3/h9-10H,5,7-8H2,1-4H3/t9-,10-/m1/s1. The van der Waals surface area contributed by atoms with E-state index in [0.717, 1.165) is 24.1 Å². The molecular formula is C14H20N4O2. The molecule has 20 heavy (non-hydrogen) atoms. The van der Waals surface area contributed by atoms with Crippen LogP contribution in [0.15, 0.2) is 9.59 Å². The largest absolute Gasteiger partial charge is 0.356 e. The van der Waals surface area contributed by atoms with Crippen molar-refractivity contribution >= 4 is 5.82 Å². The van der Waals surface area contributed by atoms with Crippen molar-refractivity contribution in [2.75, 3.05) is 18.0 Å². The van der Waals surface area contributed by atoms with Crippen molar-refractivity contribution in [3.8, 4) is 6.07 Å². The maximum absolute atomic E-state index is 12.1. The first-order valence-corrected chi connectivity index (χ1v) is 6.81. The Hall–Kier alpha value is -2.03. The molecule has 1 saturated heterocycles. The Morgan fingerprint density at radius 2 is 1.65 bits per heavy atom. The lowest BCUT2D eigenvalue weighted by Crippen LogP contribution is -2.46. The molecule has 0 spiro atoms. The molecule has 1 aromatic heterocycles. The normalized spacial score (nSPS) is 22.6. The number of aromatic nitrogens is 2. The zero-order valence-electron chi connectivity index (χ0n) is 12.4. The van der Waals surface area contributed by atoms with Gasteiger partial charge in [0.1, 0.15) is 11.9 Å². The Balaban J connectivity index is 2.65. The van der Waals surface area contributed by atoms with E-state index in [1.807, 2.05) is 11.0 Å². The Bertz CT molecular complexity index is 670. The Labute approximate surface area is 117 Å². The number of nitriles is 1. The highest BCUT2D eigenvalue weighted by atomic mass is 16.2. The minimum absolute atomic E-state index is 0.0518. The average molecular weight is 276 g/mol. The van der Waals surface area contributed by atoms with Gasteiger partial charge in [0.2, 0.25) is 0 Å². The van der Waals surface area contributed by atoms with Gasteiger partial charge in [0.15, 0.2) is 5.56 Å². The minimum Gasteiger partial charge on any atom is -0.356 e. The van der Waals surface area contributed by atoms with Crippen LogP contribution in [-0.2, 0) is 14.1 Å². The van der Waals surface area contributed by atoms with Crippen LogP contribution in [0, 0.1) is 23.2 Å². The highest BCUT2D eigenvalue weighted by Crippen LogP contribution is 2.26. The Morgan fingerprint density at radius 3 is 2.15 bits per heavy atom. The van der Waals surface area contributed by atoms with Crippen molar-refractivity contribution in [2.45, 2.75) is 20.3 Å². The van der Waals surface area contributed by atoms with Gasteiger partial charge in [-0.3, -0.25) is 13.9 Å². The minimum atomic E-state index is -0.517. The first kappa shape index (κ1) is 14.4. The van der Waals surface area contributed by atoms with Crippen LogP contribution in [0.5, 0.6) is 0 Å². The molecule has 0 unspecified atom stereocenters. The summed E-state index contributed by atoms with van der Waals surface area (Å²) in [5.74, 6) is 1.41. The van der Waals surface area contributed by atoms with E-state index in [1.54, 1.807) is 7.05 Å². The number of piperidine rings is 1. The summed E-state index contributed by atoms with van der Waals surface area (Å²) in [5.41, 5.74) is -0.859. The Morgan fingerprint density at radius 1 is 1.10 bits per heavy atom. The smallest absolute Gasteiger partial charge is 0.332 e. The third-order valence-electron chi connectivity index (χ3n) is 3.91. The molecule has 0 N–H and O–H groups in total. The van der Waals surface area contributed by atoms with Crippen LogP contribution in [0.1, 0.15) is 25.8 Å². The molecule has 0 bridgehead atoms. The predicted octanol–water partition coefficient (Wildman–Crippen LogP) is 0.438. The number of rotatable bonds is 1. The van der Waals surface area contributed by atoms with Crippen LogP contribution in [0.4, 0.5) is 5.82 Å². The molecule has 0 aromatic carbocycles. The molecule has 0 saturated carbocycles. The summed E-state index contributed by atoms with van der Waals surface area (Å²) in [6, 6.07) is 1.96. The molecule has 2 heterocycles. The molecule has 0 amide bonds. The summed E-state index contributed by atoms with van der Waals surface area (Å²) in [7, 11) is 3.01. The van der Waals surface area contributed by atoms with E-state index in [4.69, 9.17) is 0 Å². The van der Waals surface area contributed by atoms with E-state index in [-0.39, 0.29) is 5.56 Å². The van der Waals surface area contributed by atoms with Crippen LogP contribution in [0.3, 0.4) is 0 Å². The van der Waals surface area contributed by atoms with Crippen molar-refractivity contribution in [3.05, 3.63) is 26.4 Å². The van der Waals surface area contributed by atoms with Crippen LogP contribution in [-0.4, -0.2) is 22.2 Å². The first-order chi connectivity index (χ1) is 9.36. The van der Waals surface area contributed by atoms with E-state index in [1.165, 1.54) is 11.6 Å². The monoisotopic (exact) mass is 276 g/mol. The molecule has 1 aliphatic heterocycles. The van der Waals surface area contributed by atoms with Gasteiger partial charge in [-0.2, -0.15) is 5.26 Å². The summed E-state index contributed by atoms with van der Waals surface area (Å²) in [6.07, 6.45) is 1.12. The van der Waals surface area contributed by atoms with Gasteiger partial charge in [-0.15, -0.1) is 0 Å². The SMILES string of the molecule is C[C@@H]1C[C@@H](C)CN(c2c(C#N)c(=O)n(C)c(=O)n2C)C1. The Kier molecular flexibility index (Phi) is 3.71. The molecule has 1 aliphatic rings. The zero-order chi connectivity index (χ0) is 15.0. The van der Waals surface area contributed by atoms with Crippen LogP contribution >= 0.6 is 0 Å². The lowest BCUT2D eigenvalue weighted by Gasteiger charge is -2.37. The number of hydrogen-bond donors (Lipinski definition) is 0. The third-order valence-corrected chi connectivity index (χ3v) is 3.91. The zero-order valence-corrected chi connectivity index (χ0v) is 12.4. The highest BCUT2D eigenvalue weighted by Gasteiger charge is 2.27. The maximum atomic E-state index is 12.1. The van der Waals surface area contributed by atoms with E-state index in [0.29, 0.717) is 17.7 Å². The van der Waals surface area contributed by atoms with Crippen LogP contribution in [0.25, 0.3) is 0 Å². The molecule has 6 nitrogen and oxygen atoms in total.